The minimum atomic E-state index is -2.87. The summed E-state index contributed by atoms with van der Waals surface area (Å²) in [5.41, 5.74) is 4.47. The minimum Gasteiger partial charge on any atom is -0.414 e. The summed E-state index contributed by atoms with van der Waals surface area (Å²) in [6, 6.07) is 39.8. The van der Waals surface area contributed by atoms with Crippen LogP contribution in [0.2, 0.25) is 22.2 Å². The Bertz CT molecular complexity index is 2240. The predicted molar refractivity (Wildman–Crippen MR) is 234 cm³/mol. The zero-order valence-corrected chi connectivity index (χ0v) is 36.9. The van der Waals surface area contributed by atoms with E-state index in [1.807, 2.05) is 30.3 Å². The molecule has 1 aromatic heterocycles. The molecule has 3 heterocycles. The van der Waals surface area contributed by atoms with Crippen LogP contribution >= 0.6 is 0 Å². The third-order valence-corrected chi connectivity index (χ3v) is 22.4. The molecule has 2 aliphatic heterocycles. The van der Waals surface area contributed by atoms with Gasteiger partial charge < -0.3 is 17.7 Å². The summed E-state index contributed by atoms with van der Waals surface area (Å²) in [6.07, 6.45) is 0.517. The average Bonchev–Trinajstić information content (AvgIpc) is 3.60. The molecule has 7 rings (SSSR count). The van der Waals surface area contributed by atoms with Crippen molar-refractivity contribution in [3.63, 3.8) is 0 Å². The number of ether oxygens (including phenoxy) is 1. The van der Waals surface area contributed by atoms with Gasteiger partial charge in [0.05, 0.1) is 18.1 Å². The van der Waals surface area contributed by atoms with Gasteiger partial charge in [-0.1, -0.05) is 170 Å². The molecular formula is C48H56N2O6Si2. The molecule has 5 aromatic rings. The Hall–Kier alpha value is -4.61. The van der Waals surface area contributed by atoms with Crippen LogP contribution in [-0.4, -0.2) is 45.5 Å². The number of benzene rings is 4. The van der Waals surface area contributed by atoms with Crippen LogP contribution in [-0.2, 0) is 23.1 Å². The normalized spacial score (nSPS) is 20.4. The number of aromatic nitrogens is 2. The van der Waals surface area contributed by atoms with Gasteiger partial charge in [-0.2, -0.15) is 0 Å². The van der Waals surface area contributed by atoms with Crippen LogP contribution in [0.3, 0.4) is 0 Å². The molecule has 10 heteroatoms. The Labute approximate surface area is 345 Å². The lowest BCUT2D eigenvalue weighted by atomic mass is 9.65. The lowest BCUT2D eigenvalue weighted by molar-refractivity contribution is -0.0566. The maximum atomic E-state index is 13.4. The highest BCUT2D eigenvalue weighted by atomic mass is 28.5. The highest BCUT2D eigenvalue weighted by molar-refractivity contribution is 6.84. The highest BCUT2D eigenvalue weighted by Crippen LogP contribution is 2.49. The van der Waals surface area contributed by atoms with Crippen LogP contribution in [0.15, 0.2) is 131 Å². The van der Waals surface area contributed by atoms with E-state index >= 15 is 0 Å². The fourth-order valence-corrected chi connectivity index (χ4v) is 20.3. The quantitative estimate of drug-likeness (QED) is 0.0906. The fourth-order valence-electron chi connectivity index (χ4n) is 9.10. The van der Waals surface area contributed by atoms with Gasteiger partial charge in [-0.25, -0.2) is 4.79 Å². The largest absolute Gasteiger partial charge is 0.414 e. The number of H-pyrrole nitrogens is 1. The number of aromatic amines is 1. The van der Waals surface area contributed by atoms with Gasteiger partial charge in [0.2, 0.25) is 0 Å². The summed E-state index contributed by atoms with van der Waals surface area (Å²) < 4.78 is 29.5. The number of fused-ring (bicyclic) bond motifs is 1. The van der Waals surface area contributed by atoms with Crippen molar-refractivity contribution in [1.29, 1.82) is 0 Å². The Morgan fingerprint density at radius 1 is 0.638 bits per heavy atom. The van der Waals surface area contributed by atoms with E-state index in [4.69, 9.17) is 17.7 Å². The van der Waals surface area contributed by atoms with Gasteiger partial charge >= 0.3 is 22.8 Å². The second kappa shape index (κ2) is 16.9. The summed E-state index contributed by atoms with van der Waals surface area (Å²) in [5.74, 6) is 6.25. The summed E-state index contributed by atoms with van der Waals surface area (Å²) in [5, 5.41) is 0. The highest BCUT2D eigenvalue weighted by Gasteiger charge is 2.60. The molecule has 0 bridgehead atoms. The SMILES string of the molecule is CC(C)[Si]1(C(C)C)OC[C@H]2O[C@@H](n3cc(C#Cc4ccc(C(c5ccccc5)(c5ccccc5)c5ccccc5)cc4)c(=O)[nH]c3=O)C[C@@H]2O[Si](C(C)C)(C(C)C)O1. The second-order valence-corrected chi connectivity index (χ2v) is 25.7. The molecule has 0 unspecified atom stereocenters. The first-order chi connectivity index (χ1) is 27.8. The maximum absolute atomic E-state index is 13.4. The molecule has 58 heavy (non-hydrogen) atoms. The van der Waals surface area contributed by atoms with E-state index in [1.165, 1.54) is 10.8 Å². The first-order valence-corrected chi connectivity index (χ1v) is 24.6. The molecule has 3 atom stereocenters. The molecule has 302 valence electrons. The molecule has 4 aromatic carbocycles. The van der Waals surface area contributed by atoms with E-state index in [9.17, 15) is 9.59 Å². The van der Waals surface area contributed by atoms with Crippen molar-refractivity contribution < 1.29 is 17.7 Å². The average molecular weight is 813 g/mol. The summed E-state index contributed by atoms with van der Waals surface area (Å²) in [7, 11) is -5.62. The Morgan fingerprint density at radius 2 is 1.12 bits per heavy atom. The lowest BCUT2D eigenvalue weighted by Crippen LogP contribution is -2.65. The third kappa shape index (κ3) is 7.56. The van der Waals surface area contributed by atoms with Gasteiger partial charge in [0, 0.05) is 18.2 Å². The fraction of sp³-hybridized carbons (Fsp3) is 0.375. The van der Waals surface area contributed by atoms with Crippen LogP contribution in [0, 0.1) is 11.8 Å². The molecule has 2 saturated heterocycles. The van der Waals surface area contributed by atoms with Crippen molar-refractivity contribution in [1.82, 2.24) is 9.55 Å². The Kier molecular flexibility index (Phi) is 12.1. The molecule has 0 amide bonds. The Balaban J connectivity index is 1.21. The van der Waals surface area contributed by atoms with Gasteiger partial charge in [-0.3, -0.25) is 14.3 Å². The number of hydrogen-bond acceptors (Lipinski definition) is 6. The summed E-state index contributed by atoms with van der Waals surface area (Å²) in [6.45, 7) is 17.8. The van der Waals surface area contributed by atoms with E-state index in [-0.39, 0.29) is 33.8 Å². The zero-order valence-electron chi connectivity index (χ0n) is 34.9. The Morgan fingerprint density at radius 3 is 1.60 bits per heavy atom. The van der Waals surface area contributed by atoms with Crippen molar-refractivity contribution in [2.45, 2.75) is 108 Å². The lowest BCUT2D eigenvalue weighted by Gasteiger charge is -2.51. The van der Waals surface area contributed by atoms with Crippen molar-refractivity contribution in [3.8, 4) is 11.8 Å². The van der Waals surface area contributed by atoms with Crippen molar-refractivity contribution in [2.24, 2.45) is 0 Å². The third-order valence-electron chi connectivity index (χ3n) is 12.1. The molecule has 0 spiro atoms. The molecular weight excluding hydrogens is 757 g/mol. The predicted octanol–water partition coefficient (Wildman–Crippen LogP) is 9.56. The van der Waals surface area contributed by atoms with Crippen molar-refractivity contribution in [2.75, 3.05) is 6.61 Å². The second-order valence-electron chi connectivity index (χ2n) is 16.9. The molecule has 8 nitrogen and oxygen atoms in total. The monoisotopic (exact) mass is 812 g/mol. The van der Waals surface area contributed by atoms with Gasteiger partial charge in [-0.05, 0) is 56.6 Å². The number of rotatable bonds is 9. The zero-order chi connectivity index (χ0) is 41.2. The van der Waals surface area contributed by atoms with Gasteiger partial charge in [0.1, 0.15) is 17.9 Å². The van der Waals surface area contributed by atoms with Gasteiger partial charge in [0.15, 0.2) is 0 Å². The number of nitrogens with one attached hydrogen (secondary N) is 1. The molecule has 1 N–H and O–H groups in total. The van der Waals surface area contributed by atoms with E-state index in [0.717, 1.165) is 27.8 Å². The number of nitrogens with zero attached hydrogens (tertiary/aromatic N) is 1. The summed E-state index contributed by atoms with van der Waals surface area (Å²) >= 11 is 0. The standard InChI is InChI=1S/C48H56N2O6Si2/c1-33(2)57(34(3)4)53-32-44-43(55-58(56-57,35(5)6)36(7)8)30-45(54-44)50-31-38(46(51)49-47(50)52)27-24-37-25-28-42(29-26-37)48(39-18-12-9-13-19-39,40-20-14-10-15-21-40)41-22-16-11-17-23-41/h9-23,25-26,28-29,31,33-36,43-45H,30,32H2,1-8H3,(H,49,51,52)/t43-,44+,45+/m0/s1. The molecule has 2 aliphatic rings. The first kappa shape index (κ1) is 41.5. The minimum absolute atomic E-state index is 0.163. The molecule has 0 saturated carbocycles. The smallest absolute Gasteiger partial charge is 0.335 e. The van der Waals surface area contributed by atoms with Gasteiger partial charge in [0.25, 0.3) is 5.56 Å². The van der Waals surface area contributed by atoms with E-state index in [2.05, 4.69) is 157 Å². The van der Waals surface area contributed by atoms with E-state index < -0.39 is 46.1 Å². The summed E-state index contributed by atoms with van der Waals surface area (Å²) in [4.78, 5) is 29.1. The van der Waals surface area contributed by atoms with Crippen LogP contribution in [0.4, 0.5) is 0 Å². The van der Waals surface area contributed by atoms with E-state index in [1.54, 1.807) is 0 Å². The van der Waals surface area contributed by atoms with Crippen LogP contribution < -0.4 is 11.2 Å². The van der Waals surface area contributed by atoms with Crippen LogP contribution in [0.1, 0.15) is 101 Å². The molecule has 0 aliphatic carbocycles. The maximum Gasteiger partial charge on any atom is 0.335 e. The molecule has 0 radical (unpaired) electrons. The van der Waals surface area contributed by atoms with Gasteiger partial charge in [-0.15, -0.1) is 0 Å². The van der Waals surface area contributed by atoms with Crippen LogP contribution in [0.5, 0.6) is 0 Å². The van der Waals surface area contributed by atoms with E-state index in [0.29, 0.717) is 13.0 Å². The number of hydrogen-bond donors (Lipinski definition) is 1. The first-order valence-electron chi connectivity index (χ1n) is 20.6. The van der Waals surface area contributed by atoms with Crippen molar-refractivity contribution >= 4 is 17.1 Å². The van der Waals surface area contributed by atoms with Crippen LogP contribution in [0.25, 0.3) is 0 Å². The molecule has 2 fully saturated rings. The van der Waals surface area contributed by atoms with Crippen molar-refractivity contribution in [3.05, 3.63) is 176 Å². The topological polar surface area (TPSA) is 91.8 Å².